The summed E-state index contributed by atoms with van der Waals surface area (Å²) >= 11 is 0. The molecule has 0 aromatic rings. The Bertz CT molecular complexity index is 1100. The highest BCUT2D eigenvalue weighted by Crippen LogP contribution is 2.73. The molecule has 7 nitrogen and oxygen atoms in total. The van der Waals surface area contributed by atoms with E-state index in [1.54, 1.807) is 0 Å². The molecular weight excluding hydrogens is 604 g/mol. The Morgan fingerprint density at radius 2 is 1.46 bits per heavy atom. The van der Waals surface area contributed by atoms with Crippen LogP contribution in [0.15, 0.2) is 12.2 Å². The number of carbonyl (C=O) groups excluding carboxylic acids is 3. The SMILES string of the molecule is C=C(CC(C)(C)C)C(=O)OC(OC1CCCCC1)C1CCCCC1.CC.CC1C2OC(=O)CC3CC31C2OC(=O)C(C)(C)CC(C)(C)C. The smallest absolute Gasteiger partial charge is 0.335 e. The molecule has 6 unspecified atom stereocenters. The quantitative estimate of drug-likeness (QED) is 0.104. The predicted molar refractivity (Wildman–Crippen MR) is 191 cm³/mol. The van der Waals surface area contributed by atoms with Gasteiger partial charge >= 0.3 is 17.9 Å². The molecular formula is C41H70O7. The second kappa shape index (κ2) is 16.4. The first kappa shape index (κ1) is 40.5. The lowest BCUT2D eigenvalue weighted by Crippen LogP contribution is -2.60. The van der Waals surface area contributed by atoms with Crippen LogP contribution in [0.3, 0.4) is 0 Å². The largest absolute Gasteiger partial charge is 0.458 e. The molecule has 2 saturated heterocycles. The number of fused-ring (bicyclic) bond motifs is 2. The van der Waals surface area contributed by atoms with Crippen LogP contribution >= 0.6 is 0 Å². The van der Waals surface area contributed by atoms with E-state index in [2.05, 4.69) is 55.0 Å². The van der Waals surface area contributed by atoms with Gasteiger partial charge in [-0.2, -0.15) is 0 Å². The van der Waals surface area contributed by atoms with E-state index in [1.165, 1.54) is 38.5 Å². The summed E-state index contributed by atoms with van der Waals surface area (Å²) < 4.78 is 23.5. The van der Waals surface area contributed by atoms with Crippen molar-refractivity contribution in [1.29, 1.82) is 0 Å². The zero-order valence-electron chi connectivity index (χ0n) is 32.5. The first-order chi connectivity index (χ1) is 22.3. The van der Waals surface area contributed by atoms with E-state index < -0.39 is 5.41 Å². The maximum Gasteiger partial charge on any atom is 0.335 e. The molecule has 7 heteroatoms. The van der Waals surface area contributed by atoms with Crippen LogP contribution in [0.2, 0.25) is 0 Å². The minimum absolute atomic E-state index is 0.0182. The fourth-order valence-electron chi connectivity index (χ4n) is 8.90. The molecule has 4 saturated carbocycles. The van der Waals surface area contributed by atoms with Gasteiger partial charge in [0.15, 0.2) is 0 Å². The van der Waals surface area contributed by atoms with E-state index in [9.17, 15) is 14.4 Å². The van der Waals surface area contributed by atoms with Crippen LogP contribution in [0.1, 0.15) is 166 Å². The number of esters is 3. The Balaban J connectivity index is 0.000000248. The fraction of sp³-hybridized carbons (Fsp3) is 0.878. The molecule has 6 aliphatic rings. The van der Waals surface area contributed by atoms with Gasteiger partial charge in [0.05, 0.1) is 11.5 Å². The van der Waals surface area contributed by atoms with Crippen molar-refractivity contribution in [2.75, 3.05) is 0 Å². The Morgan fingerprint density at radius 1 is 0.896 bits per heavy atom. The lowest BCUT2D eigenvalue weighted by Gasteiger charge is -2.49. The van der Waals surface area contributed by atoms with E-state index in [0.29, 0.717) is 36.2 Å². The molecule has 2 aliphatic heterocycles. The molecule has 0 aromatic heterocycles. The third kappa shape index (κ3) is 10.6. The van der Waals surface area contributed by atoms with Crippen LogP contribution in [0.25, 0.3) is 0 Å². The summed E-state index contributed by atoms with van der Waals surface area (Å²) in [5.41, 5.74) is 0.168. The minimum Gasteiger partial charge on any atom is -0.458 e. The number of rotatable bonds is 9. The summed E-state index contributed by atoms with van der Waals surface area (Å²) in [7, 11) is 0. The van der Waals surface area contributed by atoms with E-state index in [0.717, 1.165) is 38.5 Å². The van der Waals surface area contributed by atoms with Gasteiger partial charge in [0, 0.05) is 29.2 Å². The van der Waals surface area contributed by atoms with Gasteiger partial charge in [-0.25, -0.2) is 4.79 Å². The van der Waals surface area contributed by atoms with Crippen molar-refractivity contribution in [3.8, 4) is 0 Å². The van der Waals surface area contributed by atoms with Crippen LogP contribution in [-0.4, -0.2) is 42.5 Å². The van der Waals surface area contributed by atoms with Gasteiger partial charge in [0.2, 0.25) is 6.29 Å². The fourth-order valence-corrected chi connectivity index (χ4v) is 8.90. The average molecular weight is 675 g/mol. The second-order valence-electron chi connectivity index (χ2n) is 18.3. The summed E-state index contributed by atoms with van der Waals surface area (Å²) in [5, 5.41) is 0. The molecule has 0 amide bonds. The van der Waals surface area contributed by atoms with Crippen molar-refractivity contribution in [2.24, 2.45) is 39.4 Å². The second-order valence-corrected chi connectivity index (χ2v) is 18.3. The molecule has 4 aliphatic carbocycles. The van der Waals surface area contributed by atoms with Gasteiger partial charge in [-0.05, 0) is 75.5 Å². The number of ether oxygens (including phenoxy) is 4. The topological polar surface area (TPSA) is 88.1 Å². The summed E-state index contributed by atoms with van der Waals surface area (Å²) in [6.45, 7) is 26.7. The number of hydrogen-bond acceptors (Lipinski definition) is 7. The van der Waals surface area contributed by atoms with E-state index in [-0.39, 0.29) is 58.8 Å². The monoisotopic (exact) mass is 675 g/mol. The Hall–Kier alpha value is -1.89. The summed E-state index contributed by atoms with van der Waals surface area (Å²) in [4.78, 5) is 36.9. The molecule has 2 heterocycles. The minimum atomic E-state index is -0.523. The molecule has 0 N–H and O–H groups in total. The van der Waals surface area contributed by atoms with Crippen molar-refractivity contribution < 1.29 is 33.3 Å². The Morgan fingerprint density at radius 3 is 2.00 bits per heavy atom. The van der Waals surface area contributed by atoms with E-state index in [1.807, 2.05) is 27.7 Å². The number of carbonyl (C=O) groups is 3. The summed E-state index contributed by atoms with van der Waals surface area (Å²) in [5.74, 6) is 0.453. The van der Waals surface area contributed by atoms with Crippen molar-refractivity contribution in [1.82, 2.24) is 0 Å². The summed E-state index contributed by atoms with van der Waals surface area (Å²) in [6.07, 6.45) is 14.2. The summed E-state index contributed by atoms with van der Waals surface area (Å²) in [6, 6.07) is 0. The lowest BCUT2D eigenvalue weighted by molar-refractivity contribution is -0.217. The molecule has 1 spiro atoms. The van der Waals surface area contributed by atoms with Crippen LogP contribution in [0.5, 0.6) is 0 Å². The van der Waals surface area contributed by atoms with Gasteiger partial charge in [0.25, 0.3) is 0 Å². The number of hydrogen-bond donors (Lipinski definition) is 0. The molecule has 2 bridgehead atoms. The molecule has 6 atom stereocenters. The standard InChI is InChI=1S/C21H36O3.C18H28O4.C2H6/c1-16(15-21(2,3)4)19(22)24-20(17-11-7-5-8-12-17)23-18-13-9-6-10-14-18;1-10-13-14(18(10)8-11(18)7-12(19)21-13)22-15(20)17(5,6)9-16(2,3)4;1-2/h17-18,20H,1,5-15H2,2-4H3;10-11,13-14H,7-9H2,1-6H3;1-2H3. The first-order valence-corrected chi connectivity index (χ1v) is 19.3. The van der Waals surface area contributed by atoms with Crippen molar-refractivity contribution >= 4 is 17.9 Å². The zero-order valence-corrected chi connectivity index (χ0v) is 32.5. The van der Waals surface area contributed by atoms with Crippen LogP contribution < -0.4 is 0 Å². The van der Waals surface area contributed by atoms with Gasteiger partial charge < -0.3 is 18.9 Å². The van der Waals surface area contributed by atoms with Crippen molar-refractivity contribution in [3.63, 3.8) is 0 Å². The Kier molecular flexibility index (Phi) is 13.9. The molecule has 0 radical (unpaired) electrons. The van der Waals surface area contributed by atoms with Gasteiger partial charge in [-0.3, -0.25) is 9.59 Å². The highest BCUT2D eigenvalue weighted by atomic mass is 16.7. The van der Waals surface area contributed by atoms with E-state index >= 15 is 0 Å². The Labute approximate surface area is 293 Å². The zero-order chi connectivity index (χ0) is 36.1. The van der Waals surface area contributed by atoms with Crippen molar-refractivity contribution in [3.05, 3.63) is 12.2 Å². The van der Waals surface area contributed by atoms with Crippen molar-refractivity contribution in [2.45, 2.75) is 191 Å². The third-order valence-electron chi connectivity index (χ3n) is 11.0. The highest BCUT2D eigenvalue weighted by molar-refractivity contribution is 5.87. The van der Waals surface area contributed by atoms with Gasteiger partial charge in [0.1, 0.15) is 12.2 Å². The molecule has 6 fully saturated rings. The van der Waals surface area contributed by atoms with Crippen LogP contribution in [0, 0.1) is 39.4 Å². The van der Waals surface area contributed by atoms with Crippen LogP contribution in [-0.2, 0) is 33.3 Å². The molecule has 276 valence electrons. The highest BCUT2D eigenvalue weighted by Gasteiger charge is 2.77. The van der Waals surface area contributed by atoms with Gasteiger partial charge in [-0.1, -0.05) is 107 Å². The van der Waals surface area contributed by atoms with E-state index in [4.69, 9.17) is 18.9 Å². The molecule has 6 rings (SSSR count). The van der Waals surface area contributed by atoms with Gasteiger partial charge in [-0.15, -0.1) is 0 Å². The maximum absolute atomic E-state index is 12.7. The molecule has 48 heavy (non-hydrogen) atoms. The molecule has 0 aromatic carbocycles. The maximum atomic E-state index is 12.7. The first-order valence-electron chi connectivity index (χ1n) is 19.3. The predicted octanol–water partition coefficient (Wildman–Crippen LogP) is 10.1. The third-order valence-corrected chi connectivity index (χ3v) is 11.0. The van der Waals surface area contributed by atoms with Crippen LogP contribution in [0.4, 0.5) is 0 Å². The average Bonchev–Trinajstić information content (AvgIpc) is 3.77. The lowest BCUT2D eigenvalue weighted by atomic mass is 9.64. The normalized spacial score (nSPS) is 29.5.